The average molecular weight is 343 g/mol. The summed E-state index contributed by atoms with van der Waals surface area (Å²) < 4.78 is 10.3. The van der Waals surface area contributed by atoms with Crippen LogP contribution in [0.1, 0.15) is 18.2 Å². The minimum absolute atomic E-state index is 0.0303. The second-order valence-corrected chi connectivity index (χ2v) is 6.48. The first-order valence-electron chi connectivity index (χ1n) is 7.43. The summed E-state index contributed by atoms with van der Waals surface area (Å²) in [6.07, 6.45) is 3.09. The Labute approximate surface area is 144 Å². The molecule has 124 valence electrons. The Bertz CT molecular complexity index is 754. The van der Waals surface area contributed by atoms with Crippen molar-refractivity contribution < 1.29 is 13.9 Å². The Hall–Kier alpha value is -2.54. The Morgan fingerprint density at radius 3 is 2.79 bits per heavy atom. The normalized spacial score (nSPS) is 19.6. The van der Waals surface area contributed by atoms with Gasteiger partial charge in [-0.1, -0.05) is 23.9 Å². The van der Waals surface area contributed by atoms with Gasteiger partial charge in [-0.05, 0) is 36.8 Å². The molecule has 24 heavy (non-hydrogen) atoms. The number of amides is 1. The summed E-state index contributed by atoms with van der Waals surface area (Å²) in [5, 5.41) is 8.62. The number of nitrogens with zero attached hydrogens (tertiary/aromatic N) is 3. The average Bonchev–Trinajstić information content (AvgIpc) is 3.20. The van der Waals surface area contributed by atoms with Crippen molar-refractivity contribution >= 4 is 29.1 Å². The highest BCUT2D eigenvalue weighted by atomic mass is 32.2. The Balaban J connectivity index is 1.75. The van der Waals surface area contributed by atoms with Crippen LogP contribution in [0.25, 0.3) is 0 Å². The molecule has 0 saturated carbocycles. The topological polar surface area (TPSA) is 67.4 Å². The molecule has 1 amide bonds. The maximum atomic E-state index is 12.4. The third-order valence-corrected chi connectivity index (χ3v) is 4.57. The fraction of sp³-hybridized carbons (Fsp3) is 0.235. The van der Waals surface area contributed by atoms with Gasteiger partial charge in [0.1, 0.15) is 11.5 Å². The largest absolute Gasteiger partial charge is 0.497 e. The van der Waals surface area contributed by atoms with Gasteiger partial charge in [-0.15, -0.1) is 5.10 Å². The molecule has 1 saturated heterocycles. The van der Waals surface area contributed by atoms with Gasteiger partial charge in [0.2, 0.25) is 5.91 Å². The number of hydrogen-bond acceptors (Lipinski definition) is 6. The lowest BCUT2D eigenvalue weighted by Crippen LogP contribution is -2.30. The van der Waals surface area contributed by atoms with Gasteiger partial charge >= 0.3 is 0 Å². The number of rotatable bonds is 5. The van der Waals surface area contributed by atoms with Crippen molar-refractivity contribution in [2.75, 3.05) is 7.11 Å². The molecule has 3 rings (SSSR count). The van der Waals surface area contributed by atoms with Crippen LogP contribution in [-0.4, -0.2) is 34.5 Å². The van der Waals surface area contributed by atoms with Gasteiger partial charge in [-0.25, -0.2) is 0 Å². The van der Waals surface area contributed by atoms with Gasteiger partial charge < -0.3 is 9.15 Å². The van der Waals surface area contributed by atoms with E-state index in [0.29, 0.717) is 17.5 Å². The van der Waals surface area contributed by atoms with E-state index in [0.717, 1.165) is 11.3 Å². The first-order valence-corrected chi connectivity index (χ1v) is 8.31. The molecule has 1 aliphatic rings. The van der Waals surface area contributed by atoms with Crippen molar-refractivity contribution in [3.8, 4) is 5.75 Å². The van der Waals surface area contributed by atoms with E-state index in [2.05, 4.69) is 10.2 Å². The van der Waals surface area contributed by atoms with Crippen molar-refractivity contribution in [3.05, 3.63) is 54.0 Å². The monoisotopic (exact) mass is 343 g/mol. The zero-order valence-corrected chi connectivity index (χ0v) is 14.2. The molecular weight excluding hydrogens is 326 g/mol. The number of amidine groups is 1. The van der Waals surface area contributed by atoms with Gasteiger partial charge in [0.25, 0.3) is 0 Å². The summed E-state index contributed by atoms with van der Waals surface area (Å²) in [6.45, 7) is 2.32. The van der Waals surface area contributed by atoms with Crippen LogP contribution >= 0.6 is 11.8 Å². The number of thioether (sulfide) groups is 1. The minimum Gasteiger partial charge on any atom is -0.497 e. The van der Waals surface area contributed by atoms with Gasteiger partial charge in [-0.2, -0.15) is 5.10 Å². The molecule has 1 atom stereocenters. The predicted molar refractivity (Wildman–Crippen MR) is 94.3 cm³/mol. The van der Waals surface area contributed by atoms with E-state index in [-0.39, 0.29) is 11.2 Å². The van der Waals surface area contributed by atoms with Gasteiger partial charge in [0.15, 0.2) is 5.17 Å². The van der Waals surface area contributed by atoms with Crippen molar-refractivity contribution in [1.29, 1.82) is 0 Å². The Morgan fingerprint density at radius 2 is 2.12 bits per heavy atom. The molecular formula is C17H17N3O3S. The summed E-state index contributed by atoms with van der Waals surface area (Å²) >= 11 is 1.40. The molecule has 0 N–H and O–H groups in total. The van der Waals surface area contributed by atoms with Crippen molar-refractivity contribution in [1.82, 2.24) is 4.90 Å². The maximum Gasteiger partial charge on any atom is 0.242 e. The predicted octanol–water partition coefficient (Wildman–Crippen LogP) is 3.14. The van der Waals surface area contributed by atoms with Crippen molar-refractivity contribution in [2.45, 2.75) is 18.7 Å². The molecule has 2 aromatic rings. The first kappa shape index (κ1) is 16.3. The number of carbonyl (C=O) groups is 1. The minimum atomic E-state index is -0.166. The lowest BCUT2D eigenvalue weighted by Gasteiger charge is -2.15. The van der Waals surface area contributed by atoms with Crippen LogP contribution in [0.2, 0.25) is 0 Å². The van der Waals surface area contributed by atoms with Crippen LogP contribution in [0.5, 0.6) is 5.75 Å². The molecule has 0 aliphatic carbocycles. The molecule has 1 aromatic heterocycles. The van der Waals surface area contributed by atoms with Gasteiger partial charge in [0, 0.05) is 0 Å². The molecule has 6 nitrogen and oxygen atoms in total. The van der Waals surface area contributed by atoms with E-state index in [4.69, 9.17) is 9.15 Å². The number of methoxy groups -OCH3 is 1. The van der Waals surface area contributed by atoms with E-state index in [9.17, 15) is 4.79 Å². The smallest absolute Gasteiger partial charge is 0.242 e. The molecule has 0 bridgehead atoms. The van der Waals surface area contributed by atoms with E-state index >= 15 is 0 Å². The second kappa shape index (κ2) is 7.35. The van der Waals surface area contributed by atoms with E-state index in [1.165, 1.54) is 18.0 Å². The van der Waals surface area contributed by atoms with Crippen LogP contribution in [-0.2, 0) is 11.3 Å². The Kier molecular flexibility index (Phi) is 5.00. The second-order valence-electron chi connectivity index (χ2n) is 5.18. The summed E-state index contributed by atoms with van der Waals surface area (Å²) in [5.74, 6) is 1.43. The molecule has 7 heteroatoms. The number of hydrogen-bond donors (Lipinski definition) is 0. The third-order valence-electron chi connectivity index (χ3n) is 3.50. The highest BCUT2D eigenvalue weighted by Crippen LogP contribution is 2.28. The van der Waals surface area contributed by atoms with Crippen molar-refractivity contribution in [2.24, 2.45) is 10.2 Å². The van der Waals surface area contributed by atoms with Gasteiger partial charge in [-0.3, -0.25) is 9.69 Å². The number of furan rings is 1. The number of carbonyl (C=O) groups excluding carboxylic acids is 1. The molecule has 0 radical (unpaired) electrons. The van der Waals surface area contributed by atoms with Crippen LogP contribution < -0.4 is 4.74 Å². The maximum absolute atomic E-state index is 12.4. The van der Waals surface area contributed by atoms with E-state index < -0.39 is 0 Å². The highest BCUT2D eigenvalue weighted by molar-refractivity contribution is 8.15. The lowest BCUT2D eigenvalue weighted by molar-refractivity contribution is -0.126. The third kappa shape index (κ3) is 3.68. The molecule has 0 unspecified atom stereocenters. The van der Waals surface area contributed by atoms with Crippen molar-refractivity contribution in [3.63, 3.8) is 0 Å². The fourth-order valence-corrected chi connectivity index (χ4v) is 3.14. The standard InChI is InChI=1S/C17H17N3O3S/c1-12-16(21)20(11-13-5-7-14(22-2)8-6-13)17(24-12)19-18-10-15-4-3-9-23-15/h3-10,12H,11H2,1-2H3/t12-/m1/s1. The first-order chi connectivity index (χ1) is 11.7. The molecule has 1 fully saturated rings. The highest BCUT2D eigenvalue weighted by Gasteiger charge is 2.35. The number of ether oxygens (including phenoxy) is 1. The summed E-state index contributed by atoms with van der Waals surface area (Å²) in [4.78, 5) is 14.0. The number of benzene rings is 1. The summed E-state index contributed by atoms with van der Waals surface area (Å²) in [6, 6.07) is 11.2. The molecule has 1 aromatic carbocycles. The molecule has 2 heterocycles. The van der Waals surface area contributed by atoms with E-state index in [1.807, 2.05) is 31.2 Å². The zero-order chi connectivity index (χ0) is 16.9. The quantitative estimate of drug-likeness (QED) is 0.618. The van der Waals surface area contributed by atoms with Crippen LogP contribution in [0, 0.1) is 0 Å². The Morgan fingerprint density at radius 1 is 1.33 bits per heavy atom. The lowest BCUT2D eigenvalue weighted by atomic mass is 10.2. The summed E-state index contributed by atoms with van der Waals surface area (Å²) in [5.41, 5.74) is 1.00. The fourth-order valence-electron chi connectivity index (χ4n) is 2.22. The SMILES string of the molecule is COc1ccc(CN2C(=O)[C@@H](C)SC2=NN=Cc2ccco2)cc1. The van der Waals surface area contributed by atoms with Crippen LogP contribution in [0.4, 0.5) is 0 Å². The van der Waals surface area contributed by atoms with Crippen LogP contribution in [0.3, 0.4) is 0 Å². The van der Waals surface area contributed by atoms with Gasteiger partial charge in [0.05, 0.1) is 31.4 Å². The van der Waals surface area contributed by atoms with E-state index in [1.54, 1.807) is 30.4 Å². The summed E-state index contributed by atoms with van der Waals surface area (Å²) in [7, 11) is 1.62. The molecule has 0 spiro atoms. The molecule has 1 aliphatic heterocycles. The van der Waals surface area contributed by atoms with Crippen LogP contribution in [0.15, 0.2) is 57.3 Å². The zero-order valence-electron chi connectivity index (χ0n) is 13.4.